The van der Waals surface area contributed by atoms with Crippen LogP contribution < -0.4 is 16.0 Å². The molecule has 0 radical (unpaired) electrons. The molecule has 9 nitrogen and oxygen atoms in total. The molecule has 0 saturated carbocycles. The van der Waals surface area contributed by atoms with Crippen LogP contribution in [0.15, 0.2) is 15.8 Å². The molecule has 1 aliphatic heterocycles. The summed E-state index contributed by atoms with van der Waals surface area (Å²) in [5, 5.41) is 9.26. The fourth-order valence-corrected chi connectivity index (χ4v) is 3.07. The zero-order valence-corrected chi connectivity index (χ0v) is 12.4. The Hall–Kier alpha value is -1.49. The summed E-state index contributed by atoms with van der Waals surface area (Å²) in [6.45, 7) is 1.15. The van der Waals surface area contributed by atoms with Crippen LogP contribution in [0, 0.1) is 6.92 Å². The number of aliphatic hydroxyl groups excluding tert-OH is 1. The lowest BCUT2D eigenvalue weighted by Crippen LogP contribution is -2.41. The SMILES string of the molecule is Cc1cn([C@@H]2C[C@H](NS(C)(=O)=O)[C@@H](CO)O2)c(=O)[nH]c1=O. The Kier molecular flexibility index (Phi) is 4.33. The van der Waals surface area contributed by atoms with Gasteiger partial charge in [0.05, 0.1) is 25.0 Å². The third-order valence-corrected chi connectivity index (χ3v) is 3.97. The molecule has 1 aromatic heterocycles. The standard InChI is InChI=1S/C11H17N3O6S/c1-6-4-14(11(17)12-10(6)16)9-3-7(8(5-15)20-9)13-21(2,18)19/h4,7-9,13,15H,3,5H2,1-2H3,(H,12,16,17)/t7-,8+,9-/m0/s1. The van der Waals surface area contributed by atoms with Crippen LogP contribution in [-0.2, 0) is 14.8 Å². The monoisotopic (exact) mass is 319 g/mol. The number of aromatic nitrogens is 2. The summed E-state index contributed by atoms with van der Waals surface area (Å²) in [4.78, 5) is 25.3. The van der Waals surface area contributed by atoms with Gasteiger partial charge in [0.1, 0.15) is 6.23 Å². The number of aliphatic hydroxyl groups is 1. The first-order valence-corrected chi connectivity index (χ1v) is 8.16. The molecule has 0 aliphatic carbocycles. The first-order valence-electron chi connectivity index (χ1n) is 6.27. The predicted molar refractivity (Wildman–Crippen MR) is 73.4 cm³/mol. The van der Waals surface area contributed by atoms with Crippen LogP contribution in [0.5, 0.6) is 0 Å². The third-order valence-electron chi connectivity index (χ3n) is 3.24. The van der Waals surface area contributed by atoms with E-state index in [0.29, 0.717) is 5.56 Å². The second-order valence-electron chi connectivity index (χ2n) is 5.02. The van der Waals surface area contributed by atoms with Gasteiger partial charge in [0, 0.05) is 18.2 Å². The maximum absolute atomic E-state index is 11.8. The van der Waals surface area contributed by atoms with Crippen molar-refractivity contribution in [3.63, 3.8) is 0 Å². The summed E-state index contributed by atoms with van der Waals surface area (Å²) < 4.78 is 31.6. The van der Waals surface area contributed by atoms with E-state index in [1.807, 2.05) is 0 Å². The van der Waals surface area contributed by atoms with Crippen molar-refractivity contribution in [2.75, 3.05) is 12.9 Å². The summed E-state index contributed by atoms with van der Waals surface area (Å²) >= 11 is 0. The van der Waals surface area contributed by atoms with Crippen molar-refractivity contribution in [3.8, 4) is 0 Å². The van der Waals surface area contributed by atoms with Gasteiger partial charge in [0.15, 0.2) is 0 Å². The van der Waals surface area contributed by atoms with E-state index in [0.717, 1.165) is 6.26 Å². The van der Waals surface area contributed by atoms with Gasteiger partial charge in [-0.15, -0.1) is 0 Å². The molecular formula is C11H17N3O6S. The highest BCUT2D eigenvalue weighted by Crippen LogP contribution is 2.27. The van der Waals surface area contributed by atoms with Gasteiger partial charge in [0.25, 0.3) is 5.56 Å². The molecule has 118 valence electrons. The molecule has 10 heteroatoms. The van der Waals surface area contributed by atoms with Crippen LogP contribution in [0.2, 0.25) is 0 Å². The van der Waals surface area contributed by atoms with E-state index in [-0.39, 0.29) is 13.0 Å². The second kappa shape index (κ2) is 5.72. The van der Waals surface area contributed by atoms with Gasteiger partial charge in [0.2, 0.25) is 10.0 Å². The zero-order valence-electron chi connectivity index (χ0n) is 11.6. The molecular weight excluding hydrogens is 302 g/mol. The highest BCUT2D eigenvalue weighted by atomic mass is 32.2. The Balaban J connectivity index is 2.29. The lowest BCUT2D eigenvalue weighted by Gasteiger charge is -2.16. The number of H-pyrrole nitrogens is 1. The molecule has 0 spiro atoms. The number of hydrogen-bond acceptors (Lipinski definition) is 6. The molecule has 2 rings (SSSR count). The van der Waals surface area contributed by atoms with E-state index < -0.39 is 39.6 Å². The smallest absolute Gasteiger partial charge is 0.330 e. The van der Waals surface area contributed by atoms with Crippen LogP contribution in [0.1, 0.15) is 18.2 Å². The first kappa shape index (κ1) is 15.9. The number of aryl methyl sites for hydroxylation is 1. The molecule has 2 heterocycles. The molecule has 3 atom stereocenters. The lowest BCUT2D eigenvalue weighted by molar-refractivity contribution is -0.0279. The van der Waals surface area contributed by atoms with Crippen molar-refractivity contribution in [2.45, 2.75) is 31.7 Å². The van der Waals surface area contributed by atoms with E-state index in [9.17, 15) is 23.1 Å². The molecule has 1 aliphatic rings. The zero-order chi connectivity index (χ0) is 15.8. The van der Waals surface area contributed by atoms with Crippen LogP contribution in [0.4, 0.5) is 0 Å². The van der Waals surface area contributed by atoms with Gasteiger partial charge in [-0.25, -0.2) is 17.9 Å². The second-order valence-corrected chi connectivity index (χ2v) is 6.80. The van der Waals surface area contributed by atoms with E-state index >= 15 is 0 Å². The minimum absolute atomic E-state index is 0.170. The Bertz CT molecular complexity index is 737. The number of nitrogens with zero attached hydrogens (tertiary/aromatic N) is 1. The Morgan fingerprint density at radius 3 is 2.76 bits per heavy atom. The molecule has 0 bridgehead atoms. The summed E-state index contributed by atoms with van der Waals surface area (Å²) in [7, 11) is -3.47. The minimum Gasteiger partial charge on any atom is -0.394 e. The molecule has 21 heavy (non-hydrogen) atoms. The minimum atomic E-state index is -3.47. The predicted octanol–water partition coefficient (Wildman–Crippen LogP) is -1.96. The highest BCUT2D eigenvalue weighted by Gasteiger charge is 2.37. The van der Waals surface area contributed by atoms with Crippen molar-refractivity contribution < 1.29 is 18.3 Å². The molecule has 1 saturated heterocycles. The van der Waals surface area contributed by atoms with Gasteiger partial charge in [-0.2, -0.15) is 0 Å². The molecule has 1 aromatic rings. The number of nitrogens with one attached hydrogen (secondary N) is 2. The van der Waals surface area contributed by atoms with Gasteiger partial charge in [-0.1, -0.05) is 0 Å². The van der Waals surface area contributed by atoms with Crippen molar-refractivity contribution >= 4 is 10.0 Å². The largest absolute Gasteiger partial charge is 0.394 e. The number of hydrogen-bond donors (Lipinski definition) is 3. The highest BCUT2D eigenvalue weighted by molar-refractivity contribution is 7.88. The summed E-state index contributed by atoms with van der Waals surface area (Å²) in [5.41, 5.74) is -0.802. The van der Waals surface area contributed by atoms with E-state index in [4.69, 9.17) is 4.74 Å². The van der Waals surface area contributed by atoms with Gasteiger partial charge < -0.3 is 9.84 Å². The quantitative estimate of drug-likeness (QED) is 0.591. The normalized spacial score (nSPS) is 26.1. The summed E-state index contributed by atoms with van der Waals surface area (Å²) in [5.74, 6) is 0. The maximum Gasteiger partial charge on any atom is 0.330 e. The third kappa shape index (κ3) is 3.59. The topological polar surface area (TPSA) is 130 Å². The molecule has 0 aromatic carbocycles. The Morgan fingerprint density at radius 2 is 2.19 bits per heavy atom. The van der Waals surface area contributed by atoms with E-state index in [2.05, 4.69) is 9.71 Å². The molecule has 3 N–H and O–H groups in total. The van der Waals surface area contributed by atoms with Gasteiger partial charge in [-0.3, -0.25) is 14.3 Å². The number of rotatable bonds is 4. The molecule has 0 amide bonds. The lowest BCUT2D eigenvalue weighted by atomic mass is 10.1. The number of sulfonamides is 1. The summed E-state index contributed by atoms with van der Waals surface area (Å²) in [6, 6.07) is -0.644. The number of ether oxygens (including phenoxy) is 1. The van der Waals surface area contributed by atoms with Crippen LogP contribution in [0.25, 0.3) is 0 Å². The average molecular weight is 319 g/mol. The Labute approximate surface area is 120 Å². The van der Waals surface area contributed by atoms with Crippen molar-refractivity contribution in [2.24, 2.45) is 0 Å². The first-order chi connectivity index (χ1) is 9.71. The van der Waals surface area contributed by atoms with Crippen molar-refractivity contribution in [1.29, 1.82) is 0 Å². The summed E-state index contributed by atoms with van der Waals surface area (Å²) in [6.07, 6.45) is 1.01. The van der Waals surface area contributed by atoms with Crippen molar-refractivity contribution in [3.05, 3.63) is 32.6 Å². The van der Waals surface area contributed by atoms with Crippen LogP contribution in [-0.4, -0.2) is 48.1 Å². The number of aromatic amines is 1. The molecule has 0 unspecified atom stereocenters. The van der Waals surface area contributed by atoms with Gasteiger partial charge >= 0.3 is 5.69 Å². The fraction of sp³-hybridized carbons (Fsp3) is 0.636. The van der Waals surface area contributed by atoms with Gasteiger partial charge in [-0.05, 0) is 6.92 Å². The van der Waals surface area contributed by atoms with Crippen molar-refractivity contribution in [1.82, 2.24) is 14.3 Å². The molecule has 1 fully saturated rings. The van der Waals surface area contributed by atoms with Crippen LogP contribution >= 0.6 is 0 Å². The van der Waals surface area contributed by atoms with E-state index in [1.54, 1.807) is 6.92 Å². The Morgan fingerprint density at radius 1 is 1.52 bits per heavy atom. The maximum atomic E-state index is 11.8. The average Bonchev–Trinajstić information content (AvgIpc) is 2.74. The van der Waals surface area contributed by atoms with Crippen LogP contribution in [0.3, 0.4) is 0 Å². The van der Waals surface area contributed by atoms with E-state index in [1.165, 1.54) is 10.8 Å². The fourth-order valence-electron chi connectivity index (χ4n) is 2.27.